The van der Waals surface area contributed by atoms with E-state index in [1.807, 2.05) is 38.1 Å². The van der Waals surface area contributed by atoms with Crippen molar-refractivity contribution in [1.29, 1.82) is 0 Å². The molecule has 18 heavy (non-hydrogen) atoms. The van der Waals surface area contributed by atoms with Crippen LogP contribution in [0.5, 0.6) is 0 Å². The minimum atomic E-state index is 0.222. The van der Waals surface area contributed by atoms with Gasteiger partial charge in [0.25, 0.3) is 0 Å². The third-order valence-corrected chi connectivity index (χ3v) is 3.46. The molecule has 0 aliphatic rings. The fourth-order valence-corrected chi connectivity index (χ4v) is 2.46. The third kappa shape index (κ3) is 2.54. The number of para-hydroxylation sites is 1. The topological polar surface area (TPSA) is 30.0 Å². The lowest BCUT2D eigenvalue weighted by Gasteiger charge is -2.10. The molecule has 2 aromatic rings. The zero-order valence-electron chi connectivity index (χ0n) is 10.7. The minimum Gasteiger partial charge on any atom is -0.299 e. The number of carbonyl (C=O) groups is 1. The molecule has 0 amide bonds. The van der Waals surface area contributed by atoms with E-state index in [9.17, 15) is 4.79 Å². The maximum absolute atomic E-state index is 11.8. The van der Waals surface area contributed by atoms with E-state index in [-0.39, 0.29) is 5.78 Å². The van der Waals surface area contributed by atoms with Crippen molar-refractivity contribution < 1.29 is 4.79 Å². The zero-order valence-corrected chi connectivity index (χ0v) is 11.4. The summed E-state index contributed by atoms with van der Waals surface area (Å²) in [5.74, 6) is 0.222. The van der Waals surface area contributed by atoms with Crippen molar-refractivity contribution in [2.75, 3.05) is 0 Å². The summed E-state index contributed by atoms with van der Waals surface area (Å²) in [6.07, 6.45) is 1.86. The molecule has 0 aliphatic carbocycles. The molecule has 1 aromatic carbocycles. The SMILES string of the molecule is CCCC(=O)Cc1c(C)nc2ccccc2c1Cl. The van der Waals surface area contributed by atoms with Crippen LogP contribution in [0.1, 0.15) is 31.0 Å². The largest absolute Gasteiger partial charge is 0.299 e. The Morgan fingerprint density at radius 1 is 1.33 bits per heavy atom. The molecule has 0 saturated carbocycles. The molecule has 1 aromatic heterocycles. The second-order valence-corrected chi connectivity index (χ2v) is 4.85. The van der Waals surface area contributed by atoms with Crippen molar-refractivity contribution >= 4 is 28.3 Å². The van der Waals surface area contributed by atoms with Gasteiger partial charge in [0.15, 0.2) is 0 Å². The average molecular weight is 262 g/mol. The highest BCUT2D eigenvalue weighted by Crippen LogP contribution is 2.28. The molecular formula is C15H16ClNO. The number of benzene rings is 1. The van der Waals surface area contributed by atoms with Gasteiger partial charge in [-0.3, -0.25) is 9.78 Å². The van der Waals surface area contributed by atoms with Crippen LogP contribution in [0, 0.1) is 6.92 Å². The predicted molar refractivity (Wildman–Crippen MR) is 75.1 cm³/mol. The number of hydrogen-bond donors (Lipinski definition) is 0. The highest BCUT2D eigenvalue weighted by molar-refractivity contribution is 6.36. The lowest BCUT2D eigenvalue weighted by molar-refractivity contribution is -0.118. The molecule has 94 valence electrons. The van der Waals surface area contributed by atoms with E-state index in [0.29, 0.717) is 17.9 Å². The van der Waals surface area contributed by atoms with Crippen molar-refractivity contribution in [3.05, 3.63) is 40.5 Å². The van der Waals surface area contributed by atoms with E-state index in [1.165, 1.54) is 0 Å². The number of aryl methyl sites for hydroxylation is 1. The molecule has 0 radical (unpaired) electrons. The molecule has 0 saturated heterocycles. The number of ketones is 1. The fourth-order valence-electron chi connectivity index (χ4n) is 2.10. The molecule has 2 rings (SSSR count). The number of rotatable bonds is 4. The average Bonchev–Trinajstić information content (AvgIpc) is 2.35. The van der Waals surface area contributed by atoms with Gasteiger partial charge in [0, 0.05) is 23.9 Å². The maximum atomic E-state index is 11.8. The first-order chi connectivity index (χ1) is 8.63. The van der Waals surface area contributed by atoms with Gasteiger partial charge in [-0.15, -0.1) is 0 Å². The highest BCUT2D eigenvalue weighted by Gasteiger charge is 2.13. The van der Waals surface area contributed by atoms with Crippen LogP contribution in [0.4, 0.5) is 0 Å². The van der Waals surface area contributed by atoms with Crippen LogP contribution >= 0.6 is 11.6 Å². The van der Waals surface area contributed by atoms with E-state index in [1.54, 1.807) is 0 Å². The van der Waals surface area contributed by atoms with Gasteiger partial charge in [-0.25, -0.2) is 0 Å². The Bertz CT molecular complexity index is 592. The van der Waals surface area contributed by atoms with Gasteiger partial charge >= 0.3 is 0 Å². The van der Waals surface area contributed by atoms with E-state index < -0.39 is 0 Å². The third-order valence-electron chi connectivity index (χ3n) is 3.03. The number of hydrogen-bond acceptors (Lipinski definition) is 2. The van der Waals surface area contributed by atoms with Crippen LogP contribution in [0.15, 0.2) is 24.3 Å². The normalized spacial score (nSPS) is 10.8. The van der Waals surface area contributed by atoms with Crippen LogP contribution in [0.3, 0.4) is 0 Å². The summed E-state index contributed by atoms with van der Waals surface area (Å²) in [6, 6.07) is 7.75. The summed E-state index contributed by atoms with van der Waals surface area (Å²) in [4.78, 5) is 16.3. The zero-order chi connectivity index (χ0) is 13.1. The van der Waals surface area contributed by atoms with Crippen molar-refractivity contribution in [3.63, 3.8) is 0 Å². The van der Waals surface area contributed by atoms with Gasteiger partial charge in [-0.1, -0.05) is 36.7 Å². The number of nitrogens with zero attached hydrogens (tertiary/aromatic N) is 1. The fraction of sp³-hybridized carbons (Fsp3) is 0.333. The molecule has 0 aliphatic heterocycles. The maximum Gasteiger partial charge on any atom is 0.137 e. The quantitative estimate of drug-likeness (QED) is 0.829. The Morgan fingerprint density at radius 3 is 2.78 bits per heavy atom. The van der Waals surface area contributed by atoms with Gasteiger partial charge in [-0.05, 0) is 25.0 Å². The van der Waals surface area contributed by atoms with Crippen molar-refractivity contribution in [2.24, 2.45) is 0 Å². The van der Waals surface area contributed by atoms with E-state index in [0.717, 1.165) is 28.6 Å². The smallest absolute Gasteiger partial charge is 0.137 e. The number of fused-ring (bicyclic) bond motifs is 1. The molecule has 2 nitrogen and oxygen atoms in total. The number of halogens is 1. The minimum absolute atomic E-state index is 0.222. The summed E-state index contributed by atoms with van der Waals surface area (Å²) in [7, 11) is 0. The molecule has 3 heteroatoms. The van der Waals surface area contributed by atoms with Crippen LogP contribution < -0.4 is 0 Å². The van der Waals surface area contributed by atoms with E-state index in [2.05, 4.69) is 4.98 Å². The Labute approximate surface area is 112 Å². The summed E-state index contributed by atoms with van der Waals surface area (Å²) >= 11 is 6.40. The number of aromatic nitrogens is 1. The molecule has 0 atom stereocenters. The van der Waals surface area contributed by atoms with Gasteiger partial charge in [0.05, 0.1) is 10.5 Å². The lowest BCUT2D eigenvalue weighted by Crippen LogP contribution is -2.05. The predicted octanol–water partition coefficient (Wildman–Crippen LogP) is 4.11. The summed E-state index contributed by atoms with van der Waals surface area (Å²) in [5.41, 5.74) is 2.60. The highest BCUT2D eigenvalue weighted by atomic mass is 35.5. The Balaban J connectivity index is 2.47. The van der Waals surface area contributed by atoms with E-state index in [4.69, 9.17) is 11.6 Å². The van der Waals surface area contributed by atoms with Crippen LogP contribution in [0.25, 0.3) is 10.9 Å². The molecule has 0 N–H and O–H groups in total. The Kier molecular flexibility index (Phi) is 3.97. The van der Waals surface area contributed by atoms with Gasteiger partial charge in [-0.2, -0.15) is 0 Å². The van der Waals surface area contributed by atoms with Crippen LogP contribution in [-0.2, 0) is 11.2 Å². The number of carbonyl (C=O) groups excluding carboxylic acids is 1. The van der Waals surface area contributed by atoms with Crippen molar-refractivity contribution in [1.82, 2.24) is 4.98 Å². The lowest BCUT2D eigenvalue weighted by atomic mass is 10.0. The summed E-state index contributed by atoms with van der Waals surface area (Å²) in [6.45, 7) is 3.91. The summed E-state index contributed by atoms with van der Waals surface area (Å²) in [5, 5.41) is 1.59. The van der Waals surface area contributed by atoms with Crippen LogP contribution in [-0.4, -0.2) is 10.8 Å². The van der Waals surface area contributed by atoms with Gasteiger partial charge in [0.1, 0.15) is 5.78 Å². The first-order valence-corrected chi connectivity index (χ1v) is 6.56. The van der Waals surface area contributed by atoms with Crippen LogP contribution in [0.2, 0.25) is 5.02 Å². The van der Waals surface area contributed by atoms with Gasteiger partial charge < -0.3 is 0 Å². The molecule has 0 unspecified atom stereocenters. The molecule has 1 heterocycles. The molecule has 0 bridgehead atoms. The second kappa shape index (κ2) is 5.49. The monoisotopic (exact) mass is 261 g/mol. The number of Topliss-reactive ketones (excluding diaryl/α,β-unsaturated/α-hetero) is 1. The molecule has 0 spiro atoms. The Hall–Kier alpha value is -1.41. The van der Waals surface area contributed by atoms with E-state index >= 15 is 0 Å². The van der Waals surface area contributed by atoms with Crippen molar-refractivity contribution in [3.8, 4) is 0 Å². The standard InChI is InChI=1S/C15H16ClNO/c1-3-6-11(18)9-13-10(2)17-14-8-5-4-7-12(14)15(13)16/h4-5,7-8H,3,6,9H2,1-2H3. The first kappa shape index (κ1) is 13.0. The number of pyridine rings is 1. The molecule has 0 fully saturated rings. The Morgan fingerprint density at radius 2 is 2.06 bits per heavy atom. The first-order valence-electron chi connectivity index (χ1n) is 6.19. The van der Waals surface area contributed by atoms with Gasteiger partial charge in [0.2, 0.25) is 0 Å². The summed E-state index contributed by atoms with van der Waals surface area (Å²) < 4.78 is 0. The molecular weight excluding hydrogens is 246 g/mol. The van der Waals surface area contributed by atoms with Crippen molar-refractivity contribution in [2.45, 2.75) is 33.1 Å². The second-order valence-electron chi connectivity index (χ2n) is 4.47.